The van der Waals surface area contributed by atoms with Gasteiger partial charge < -0.3 is 0 Å². The topological polar surface area (TPSA) is 0 Å². The Labute approximate surface area is 72.2 Å². The summed E-state index contributed by atoms with van der Waals surface area (Å²) < 4.78 is 0. The number of benzene rings is 1. The van der Waals surface area contributed by atoms with E-state index < -0.39 is 0 Å². The van der Waals surface area contributed by atoms with Gasteiger partial charge in [-0.25, -0.2) is 0 Å². The maximum Gasteiger partial charge on any atom is 0.0439 e. The summed E-state index contributed by atoms with van der Waals surface area (Å²) in [6, 6.07) is 10.5. The molecule has 11 heavy (non-hydrogen) atoms. The fourth-order valence-electron chi connectivity index (χ4n) is 1.43. The van der Waals surface area contributed by atoms with Crippen LogP contribution in [0.5, 0.6) is 0 Å². The zero-order chi connectivity index (χ0) is 7.90. The van der Waals surface area contributed by atoms with Gasteiger partial charge in [-0.1, -0.05) is 37.3 Å². The summed E-state index contributed by atoms with van der Waals surface area (Å²) in [5.74, 6) is 0. The molecule has 2 rings (SSSR count). The highest BCUT2D eigenvalue weighted by atomic mass is 35.5. The van der Waals surface area contributed by atoms with E-state index in [9.17, 15) is 0 Å². The van der Waals surface area contributed by atoms with Crippen molar-refractivity contribution < 1.29 is 0 Å². The minimum atomic E-state index is 0.267. The van der Waals surface area contributed by atoms with Crippen molar-refractivity contribution in [2.75, 3.05) is 0 Å². The molecule has 1 saturated carbocycles. The largest absolute Gasteiger partial charge is 0.122 e. The molecule has 1 fully saturated rings. The third-order valence-electron chi connectivity index (χ3n) is 2.57. The first-order valence-corrected chi connectivity index (χ1v) is 4.37. The summed E-state index contributed by atoms with van der Waals surface area (Å²) in [4.78, 5) is 0. The van der Waals surface area contributed by atoms with Crippen LogP contribution in [0, 0.1) is 0 Å². The first kappa shape index (κ1) is 7.17. The average Bonchev–Trinajstić information content (AvgIpc) is 2.64. The van der Waals surface area contributed by atoms with E-state index in [0.29, 0.717) is 5.38 Å². The number of rotatable bonds is 1. The summed E-state index contributed by atoms with van der Waals surface area (Å²) in [5.41, 5.74) is 1.64. The average molecular weight is 167 g/mol. The highest BCUT2D eigenvalue weighted by molar-refractivity contribution is 6.23. The molecule has 0 nitrogen and oxygen atoms in total. The summed E-state index contributed by atoms with van der Waals surface area (Å²) in [7, 11) is 0. The number of alkyl halides is 1. The molecule has 0 aliphatic heterocycles. The van der Waals surface area contributed by atoms with Crippen molar-refractivity contribution in [2.24, 2.45) is 0 Å². The quantitative estimate of drug-likeness (QED) is 0.563. The summed E-state index contributed by atoms with van der Waals surface area (Å²) in [6.45, 7) is 2.22. The highest BCUT2D eigenvalue weighted by Crippen LogP contribution is 2.51. The molecule has 1 aromatic rings. The molecule has 1 aliphatic rings. The fourth-order valence-corrected chi connectivity index (χ4v) is 1.88. The molecular formula is C10H11Cl. The van der Waals surface area contributed by atoms with Gasteiger partial charge in [-0.2, -0.15) is 0 Å². The van der Waals surface area contributed by atoms with Gasteiger partial charge in [-0.15, -0.1) is 11.6 Å². The van der Waals surface area contributed by atoms with Gasteiger partial charge in [0.05, 0.1) is 0 Å². The van der Waals surface area contributed by atoms with Crippen LogP contribution in [0.15, 0.2) is 30.3 Å². The molecular weight excluding hydrogens is 156 g/mol. The van der Waals surface area contributed by atoms with E-state index in [1.54, 1.807) is 0 Å². The van der Waals surface area contributed by atoms with Crippen molar-refractivity contribution in [3.05, 3.63) is 35.9 Å². The lowest BCUT2D eigenvalue weighted by atomic mass is 9.99. The minimum Gasteiger partial charge on any atom is -0.122 e. The molecule has 0 unspecified atom stereocenters. The Bertz CT molecular complexity index is 255. The van der Waals surface area contributed by atoms with Gasteiger partial charge in [0.15, 0.2) is 0 Å². The molecule has 0 heterocycles. The van der Waals surface area contributed by atoms with Gasteiger partial charge in [0.25, 0.3) is 0 Å². The van der Waals surface area contributed by atoms with Gasteiger partial charge in [0.2, 0.25) is 0 Å². The lowest BCUT2D eigenvalue weighted by Gasteiger charge is -2.07. The van der Waals surface area contributed by atoms with Crippen molar-refractivity contribution in [1.29, 1.82) is 0 Å². The molecule has 0 amide bonds. The zero-order valence-corrected chi connectivity index (χ0v) is 7.31. The van der Waals surface area contributed by atoms with Crippen LogP contribution in [0.25, 0.3) is 0 Å². The van der Waals surface area contributed by atoms with Crippen molar-refractivity contribution in [1.82, 2.24) is 0 Å². The Morgan fingerprint density at radius 2 is 1.91 bits per heavy atom. The monoisotopic (exact) mass is 166 g/mol. The van der Waals surface area contributed by atoms with Gasteiger partial charge in [-0.05, 0) is 12.0 Å². The number of halogens is 1. The SMILES string of the molecule is C[C@]1(c2ccccc2)C[C@H]1Cl. The second-order valence-electron chi connectivity index (χ2n) is 3.46. The molecule has 0 saturated heterocycles. The van der Waals surface area contributed by atoms with E-state index in [-0.39, 0.29) is 5.41 Å². The maximum absolute atomic E-state index is 6.03. The van der Waals surface area contributed by atoms with Crippen LogP contribution in [0.2, 0.25) is 0 Å². The molecule has 0 spiro atoms. The van der Waals surface area contributed by atoms with E-state index in [1.165, 1.54) is 5.56 Å². The van der Waals surface area contributed by atoms with Crippen LogP contribution >= 0.6 is 11.6 Å². The van der Waals surface area contributed by atoms with Crippen molar-refractivity contribution in [3.63, 3.8) is 0 Å². The normalized spacial score (nSPS) is 35.3. The van der Waals surface area contributed by atoms with Crippen LogP contribution in [0.4, 0.5) is 0 Å². The summed E-state index contributed by atoms with van der Waals surface area (Å²) in [6.07, 6.45) is 1.12. The maximum atomic E-state index is 6.03. The van der Waals surface area contributed by atoms with Gasteiger partial charge in [-0.3, -0.25) is 0 Å². The Hall–Kier alpha value is -0.490. The summed E-state index contributed by atoms with van der Waals surface area (Å²) in [5, 5.41) is 0.352. The standard InChI is InChI=1S/C10H11Cl/c1-10(7-9(10)11)8-5-3-2-4-6-8/h2-6,9H,7H2,1H3/t9-,10-/m1/s1. The van der Waals surface area contributed by atoms with Crippen LogP contribution in [-0.4, -0.2) is 5.38 Å². The van der Waals surface area contributed by atoms with Crippen molar-refractivity contribution in [2.45, 2.75) is 24.1 Å². The lowest BCUT2D eigenvalue weighted by Crippen LogP contribution is -2.02. The third kappa shape index (κ3) is 1.06. The Balaban J connectivity index is 2.32. The highest BCUT2D eigenvalue weighted by Gasteiger charge is 2.49. The molecule has 0 aromatic heterocycles. The van der Waals surface area contributed by atoms with E-state index in [0.717, 1.165) is 6.42 Å². The minimum absolute atomic E-state index is 0.267. The van der Waals surface area contributed by atoms with Crippen LogP contribution in [0.3, 0.4) is 0 Å². The lowest BCUT2D eigenvalue weighted by molar-refractivity contribution is 0.790. The molecule has 2 atom stereocenters. The van der Waals surface area contributed by atoms with E-state index in [4.69, 9.17) is 11.6 Å². The zero-order valence-electron chi connectivity index (χ0n) is 6.55. The van der Waals surface area contributed by atoms with Crippen LogP contribution in [0.1, 0.15) is 18.9 Å². The predicted octanol–water partition coefficient (Wildman–Crippen LogP) is 2.96. The van der Waals surface area contributed by atoms with Crippen LogP contribution in [-0.2, 0) is 5.41 Å². The fraction of sp³-hybridized carbons (Fsp3) is 0.400. The first-order chi connectivity index (χ1) is 5.23. The van der Waals surface area contributed by atoms with E-state index in [2.05, 4.69) is 31.2 Å². The number of hydrogen-bond acceptors (Lipinski definition) is 0. The molecule has 1 aliphatic carbocycles. The van der Waals surface area contributed by atoms with Gasteiger partial charge in [0.1, 0.15) is 0 Å². The second kappa shape index (κ2) is 2.25. The molecule has 0 N–H and O–H groups in total. The number of hydrogen-bond donors (Lipinski definition) is 0. The van der Waals surface area contributed by atoms with Crippen LogP contribution < -0.4 is 0 Å². The molecule has 0 bridgehead atoms. The van der Waals surface area contributed by atoms with Gasteiger partial charge >= 0.3 is 0 Å². The third-order valence-corrected chi connectivity index (χ3v) is 3.20. The van der Waals surface area contributed by atoms with E-state index in [1.807, 2.05) is 6.07 Å². The van der Waals surface area contributed by atoms with Gasteiger partial charge in [0, 0.05) is 10.8 Å². The second-order valence-corrected chi connectivity index (χ2v) is 3.98. The van der Waals surface area contributed by atoms with Crippen molar-refractivity contribution in [3.8, 4) is 0 Å². The Morgan fingerprint density at radius 1 is 1.36 bits per heavy atom. The molecule has 1 heteroatoms. The smallest absolute Gasteiger partial charge is 0.0439 e. The molecule has 1 aromatic carbocycles. The Kier molecular flexibility index (Phi) is 1.47. The predicted molar refractivity (Wildman–Crippen MR) is 48.1 cm³/mol. The molecule has 58 valence electrons. The summed E-state index contributed by atoms with van der Waals surface area (Å²) >= 11 is 6.03. The van der Waals surface area contributed by atoms with E-state index >= 15 is 0 Å². The van der Waals surface area contributed by atoms with Crippen molar-refractivity contribution >= 4 is 11.6 Å². The Morgan fingerprint density at radius 3 is 2.36 bits per heavy atom. The molecule has 0 radical (unpaired) electrons. The first-order valence-electron chi connectivity index (χ1n) is 3.93.